The largest absolute Gasteiger partial charge is 0.338 e. The van der Waals surface area contributed by atoms with E-state index in [9.17, 15) is 4.79 Å². The van der Waals surface area contributed by atoms with Crippen molar-refractivity contribution in [3.63, 3.8) is 0 Å². The second-order valence-corrected chi connectivity index (χ2v) is 7.12. The molecule has 0 saturated carbocycles. The number of rotatable bonds is 8. The van der Waals surface area contributed by atoms with Gasteiger partial charge in [0.05, 0.1) is 17.2 Å². The Bertz CT molecular complexity index is 1040. The molecule has 0 spiro atoms. The zero-order valence-electron chi connectivity index (χ0n) is 15.5. The van der Waals surface area contributed by atoms with E-state index >= 15 is 0 Å². The van der Waals surface area contributed by atoms with Crippen LogP contribution in [0.4, 0.5) is 5.88 Å². The Morgan fingerprint density at radius 1 is 1.14 bits per heavy atom. The zero-order chi connectivity index (χ0) is 19.9. The topological polar surface area (TPSA) is 92.9 Å². The molecule has 0 aliphatic carbocycles. The molecule has 29 heavy (non-hydrogen) atoms. The number of anilines is 1. The third kappa shape index (κ3) is 5.13. The summed E-state index contributed by atoms with van der Waals surface area (Å²) in [5.74, 6) is 0.108. The van der Waals surface area contributed by atoms with Gasteiger partial charge in [-0.2, -0.15) is 0 Å². The number of carbonyl (C=O) groups excluding carboxylic acids is 1. The number of nitrogens with zero attached hydrogens (tertiary/aromatic N) is 3. The van der Waals surface area contributed by atoms with Crippen molar-refractivity contribution in [3.8, 4) is 11.3 Å². The van der Waals surface area contributed by atoms with Gasteiger partial charge >= 0.3 is 0 Å². The van der Waals surface area contributed by atoms with Gasteiger partial charge in [0.25, 0.3) is 0 Å². The molecule has 1 atom stereocenters. The fourth-order valence-corrected chi connectivity index (χ4v) is 3.42. The molecule has 0 bridgehead atoms. The van der Waals surface area contributed by atoms with Gasteiger partial charge in [-0.25, -0.2) is 4.98 Å². The van der Waals surface area contributed by atoms with E-state index in [1.165, 1.54) is 11.3 Å². The van der Waals surface area contributed by atoms with E-state index in [1.54, 1.807) is 24.0 Å². The van der Waals surface area contributed by atoms with Crippen LogP contribution in [0.25, 0.3) is 11.3 Å². The van der Waals surface area contributed by atoms with Crippen molar-refractivity contribution in [2.45, 2.75) is 19.0 Å². The van der Waals surface area contributed by atoms with Crippen LogP contribution in [0, 0.1) is 0 Å². The Hall–Kier alpha value is -3.36. The highest BCUT2D eigenvalue weighted by molar-refractivity contribution is 7.07. The molecule has 0 aliphatic rings. The molecule has 0 aliphatic heterocycles. The van der Waals surface area contributed by atoms with Crippen molar-refractivity contribution in [2.24, 2.45) is 0 Å². The van der Waals surface area contributed by atoms with E-state index in [-0.39, 0.29) is 5.91 Å². The molecule has 0 saturated heterocycles. The molecule has 3 heterocycles. The Kier molecular flexibility index (Phi) is 6.04. The van der Waals surface area contributed by atoms with Crippen LogP contribution in [0.3, 0.4) is 0 Å². The maximum Gasteiger partial charge on any atom is 0.244 e. The second kappa shape index (κ2) is 9.22. The van der Waals surface area contributed by atoms with Crippen molar-refractivity contribution in [1.29, 1.82) is 0 Å². The molecule has 0 unspecified atom stereocenters. The summed E-state index contributed by atoms with van der Waals surface area (Å²) in [6.07, 6.45) is 3.91. The number of benzene rings is 1. The first-order chi connectivity index (χ1) is 14.3. The molecule has 0 radical (unpaired) electrons. The van der Waals surface area contributed by atoms with Crippen LogP contribution in [0.1, 0.15) is 11.3 Å². The van der Waals surface area contributed by atoms with Crippen LogP contribution in [0.15, 0.2) is 76.3 Å². The van der Waals surface area contributed by atoms with E-state index in [0.29, 0.717) is 24.5 Å². The normalized spacial score (nSPS) is 11.9. The van der Waals surface area contributed by atoms with E-state index < -0.39 is 6.04 Å². The maximum absolute atomic E-state index is 12.9. The maximum atomic E-state index is 12.9. The van der Waals surface area contributed by atoms with E-state index in [4.69, 9.17) is 4.52 Å². The molecule has 1 aromatic carbocycles. The van der Waals surface area contributed by atoms with Gasteiger partial charge in [0.2, 0.25) is 11.8 Å². The number of pyridine rings is 1. The Labute approximate surface area is 171 Å². The molecule has 146 valence electrons. The lowest BCUT2D eigenvalue weighted by molar-refractivity contribution is -0.118. The van der Waals surface area contributed by atoms with Crippen molar-refractivity contribution < 1.29 is 9.32 Å². The first kappa shape index (κ1) is 19.0. The smallest absolute Gasteiger partial charge is 0.244 e. The average Bonchev–Trinajstić information content (AvgIpc) is 3.45. The summed E-state index contributed by atoms with van der Waals surface area (Å²) < 4.78 is 5.30. The lowest BCUT2D eigenvalue weighted by Gasteiger charge is -2.17. The van der Waals surface area contributed by atoms with Crippen LogP contribution in [-0.4, -0.2) is 27.1 Å². The summed E-state index contributed by atoms with van der Waals surface area (Å²) in [5.41, 5.74) is 5.25. The summed E-state index contributed by atoms with van der Waals surface area (Å²) in [4.78, 5) is 21.2. The van der Waals surface area contributed by atoms with Gasteiger partial charge in [-0.3, -0.25) is 20.4 Å². The molecule has 4 aromatic rings. The first-order valence-corrected chi connectivity index (χ1v) is 10.0. The molecule has 7 nitrogen and oxygen atoms in total. The average molecular weight is 405 g/mol. The minimum atomic E-state index is -0.450. The van der Waals surface area contributed by atoms with Crippen molar-refractivity contribution in [2.75, 3.05) is 5.32 Å². The van der Waals surface area contributed by atoms with Gasteiger partial charge in [0.15, 0.2) is 0 Å². The van der Waals surface area contributed by atoms with Gasteiger partial charge in [0, 0.05) is 35.9 Å². The second-order valence-electron chi connectivity index (χ2n) is 6.40. The summed E-state index contributed by atoms with van der Waals surface area (Å²) in [5, 5.41) is 12.1. The predicted octanol–water partition coefficient (Wildman–Crippen LogP) is 3.53. The SMILES string of the molecule is O=C(Nc1cc(-c2ccncc2)no1)[C@H](Cc1ccccc1)NCc1cscn1. The number of nitrogens with one attached hydrogen (secondary N) is 2. The highest BCUT2D eigenvalue weighted by atomic mass is 32.1. The van der Waals surface area contributed by atoms with Crippen LogP contribution in [0.2, 0.25) is 0 Å². The van der Waals surface area contributed by atoms with Crippen molar-refractivity contribution in [1.82, 2.24) is 20.4 Å². The zero-order valence-corrected chi connectivity index (χ0v) is 16.3. The molecule has 8 heteroatoms. The van der Waals surface area contributed by atoms with E-state index in [0.717, 1.165) is 16.8 Å². The van der Waals surface area contributed by atoms with Crippen LogP contribution in [-0.2, 0) is 17.8 Å². The number of thiazole rings is 1. The Balaban J connectivity index is 1.46. The van der Waals surface area contributed by atoms with Gasteiger partial charge in [-0.1, -0.05) is 35.5 Å². The molecular formula is C21H19N5O2S. The van der Waals surface area contributed by atoms with Gasteiger partial charge in [-0.15, -0.1) is 11.3 Å². The van der Waals surface area contributed by atoms with Gasteiger partial charge in [0.1, 0.15) is 5.69 Å². The molecule has 3 aromatic heterocycles. The van der Waals surface area contributed by atoms with Crippen LogP contribution >= 0.6 is 11.3 Å². The number of amides is 1. The van der Waals surface area contributed by atoms with E-state index in [2.05, 4.69) is 25.8 Å². The number of hydrogen-bond donors (Lipinski definition) is 2. The molecule has 0 fully saturated rings. The Morgan fingerprint density at radius 2 is 1.97 bits per heavy atom. The predicted molar refractivity (Wildman–Crippen MR) is 111 cm³/mol. The standard InChI is InChI=1S/C21H19N5O2S/c27-21(25-20-11-18(26-28-20)16-6-8-22-9-7-16)19(10-15-4-2-1-3-5-15)23-12-17-13-29-14-24-17/h1-9,11,13-14,19,23H,10,12H2,(H,25,27)/t19-/m0/s1. The number of aromatic nitrogens is 3. The molecule has 1 amide bonds. The molecular weight excluding hydrogens is 386 g/mol. The van der Waals surface area contributed by atoms with Crippen molar-refractivity contribution in [3.05, 3.63) is 83.1 Å². The minimum absolute atomic E-state index is 0.193. The number of carbonyl (C=O) groups is 1. The quantitative estimate of drug-likeness (QED) is 0.466. The molecule has 4 rings (SSSR count). The first-order valence-electron chi connectivity index (χ1n) is 9.10. The fourth-order valence-electron chi connectivity index (χ4n) is 2.86. The van der Waals surface area contributed by atoms with E-state index in [1.807, 2.05) is 47.8 Å². The highest BCUT2D eigenvalue weighted by Crippen LogP contribution is 2.21. The monoisotopic (exact) mass is 405 g/mol. The molecule has 2 N–H and O–H groups in total. The number of hydrogen-bond acceptors (Lipinski definition) is 7. The van der Waals surface area contributed by atoms with Crippen LogP contribution < -0.4 is 10.6 Å². The summed E-state index contributed by atoms with van der Waals surface area (Å²) in [6, 6.07) is 14.8. The van der Waals surface area contributed by atoms with Gasteiger partial charge in [-0.05, 0) is 24.1 Å². The van der Waals surface area contributed by atoms with Crippen molar-refractivity contribution >= 4 is 23.1 Å². The Morgan fingerprint density at radius 3 is 2.72 bits per heavy atom. The summed E-state index contributed by atoms with van der Waals surface area (Å²) in [6.45, 7) is 0.507. The lowest BCUT2D eigenvalue weighted by Crippen LogP contribution is -2.41. The lowest BCUT2D eigenvalue weighted by atomic mass is 10.1. The fraction of sp³-hybridized carbons (Fsp3) is 0.143. The summed E-state index contributed by atoms with van der Waals surface area (Å²) >= 11 is 1.53. The van der Waals surface area contributed by atoms with Gasteiger partial charge < -0.3 is 4.52 Å². The summed E-state index contributed by atoms with van der Waals surface area (Å²) in [7, 11) is 0. The van der Waals surface area contributed by atoms with Crippen LogP contribution in [0.5, 0.6) is 0 Å². The third-order valence-corrected chi connectivity index (χ3v) is 4.98. The highest BCUT2D eigenvalue weighted by Gasteiger charge is 2.21. The third-order valence-electron chi connectivity index (χ3n) is 4.34. The minimum Gasteiger partial charge on any atom is -0.338 e.